The van der Waals surface area contributed by atoms with Gasteiger partial charge in [-0.3, -0.25) is 4.79 Å². The molecule has 34 heavy (non-hydrogen) atoms. The molecule has 1 aliphatic rings. The summed E-state index contributed by atoms with van der Waals surface area (Å²) in [6.07, 6.45) is 2.34. The van der Waals surface area contributed by atoms with Gasteiger partial charge in [0, 0.05) is 37.8 Å². The van der Waals surface area contributed by atoms with Crippen LogP contribution < -0.4 is 4.90 Å². The van der Waals surface area contributed by atoms with Gasteiger partial charge in [-0.05, 0) is 57.1 Å². The molecule has 0 spiro atoms. The number of aryl methyl sites for hydroxylation is 1. The van der Waals surface area contributed by atoms with Crippen LogP contribution in [0.2, 0.25) is 0 Å². The first-order valence-electron chi connectivity index (χ1n) is 12.1. The van der Waals surface area contributed by atoms with Gasteiger partial charge in [-0.1, -0.05) is 19.9 Å². The van der Waals surface area contributed by atoms with Crippen molar-refractivity contribution in [3.63, 3.8) is 0 Å². The molecular formula is C26H34FN5O2. The van der Waals surface area contributed by atoms with E-state index >= 15 is 0 Å². The van der Waals surface area contributed by atoms with Crippen LogP contribution in [0.3, 0.4) is 0 Å². The van der Waals surface area contributed by atoms with Crippen LogP contribution in [0.15, 0.2) is 47.1 Å². The van der Waals surface area contributed by atoms with Gasteiger partial charge in [-0.15, -0.1) is 0 Å². The van der Waals surface area contributed by atoms with Crippen molar-refractivity contribution in [2.75, 3.05) is 37.6 Å². The summed E-state index contributed by atoms with van der Waals surface area (Å²) in [5, 5.41) is 4.83. The monoisotopic (exact) mass is 467 g/mol. The molecule has 1 aromatic carbocycles. The van der Waals surface area contributed by atoms with Gasteiger partial charge in [0.25, 0.3) is 5.91 Å². The van der Waals surface area contributed by atoms with Crippen molar-refractivity contribution in [2.45, 2.75) is 46.7 Å². The Morgan fingerprint density at radius 2 is 1.94 bits per heavy atom. The number of hydrogen-bond acceptors (Lipinski definition) is 5. The second-order valence-electron chi connectivity index (χ2n) is 8.87. The summed E-state index contributed by atoms with van der Waals surface area (Å²) >= 11 is 0. The van der Waals surface area contributed by atoms with Crippen molar-refractivity contribution >= 4 is 11.7 Å². The van der Waals surface area contributed by atoms with Crippen molar-refractivity contribution < 1.29 is 13.6 Å². The lowest BCUT2D eigenvalue weighted by atomic mass is 10.1. The van der Waals surface area contributed by atoms with Crippen LogP contribution in [-0.4, -0.2) is 64.3 Å². The third-order valence-electron chi connectivity index (χ3n) is 6.77. The summed E-state index contributed by atoms with van der Waals surface area (Å²) < 4.78 is 21.4. The minimum absolute atomic E-state index is 0.0132. The van der Waals surface area contributed by atoms with Crippen LogP contribution in [0.5, 0.6) is 0 Å². The lowest BCUT2D eigenvalue weighted by Crippen LogP contribution is -2.47. The maximum Gasteiger partial charge on any atom is 0.290 e. The molecule has 8 heteroatoms. The molecule has 3 aromatic rings. The maximum absolute atomic E-state index is 14.1. The molecule has 1 atom stereocenters. The van der Waals surface area contributed by atoms with Crippen LogP contribution in [0.4, 0.5) is 10.2 Å². The molecule has 0 N–H and O–H groups in total. The Kier molecular flexibility index (Phi) is 7.36. The van der Waals surface area contributed by atoms with Crippen molar-refractivity contribution in [1.29, 1.82) is 0 Å². The minimum atomic E-state index is -0.303. The largest absolute Gasteiger partial charge is 0.459 e. The van der Waals surface area contributed by atoms with E-state index < -0.39 is 0 Å². The average Bonchev–Trinajstić information content (AvgIpc) is 3.50. The third-order valence-corrected chi connectivity index (χ3v) is 6.77. The van der Waals surface area contributed by atoms with Gasteiger partial charge in [-0.2, -0.15) is 5.10 Å². The molecule has 0 bridgehead atoms. The maximum atomic E-state index is 14.1. The number of nitrogens with zero attached hydrogens (tertiary/aromatic N) is 5. The molecule has 1 fully saturated rings. The molecule has 182 valence electrons. The summed E-state index contributed by atoms with van der Waals surface area (Å²) in [6.45, 7) is 13.3. The Hall–Kier alpha value is -3.13. The lowest BCUT2D eigenvalue weighted by Gasteiger charge is -2.37. The summed E-state index contributed by atoms with van der Waals surface area (Å²) in [5.74, 6) is 0.815. The standard InChI is InChI=1S/C26H34FN5O2/c1-5-19(3)31(26(33)24-11-8-16-34-24)18-23-20(4)28-32(22-10-7-9-21(27)17-22)25(23)30-14-12-29(6-2)13-15-30/h7-11,16-17,19H,5-6,12-15,18H2,1-4H3. The molecule has 1 unspecified atom stereocenters. The predicted molar refractivity (Wildman–Crippen MR) is 131 cm³/mol. The second kappa shape index (κ2) is 10.4. The zero-order valence-electron chi connectivity index (χ0n) is 20.5. The van der Waals surface area contributed by atoms with Crippen LogP contribution in [-0.2, 0) is 6.54 Å². The molecule has 1 amide bonds. The number of furan rings is 1. The van der Waals surface area contributed by atoms with E-state index in [0.29, 0.717) is 18.0 Å². The van der Waals surface area contributed by atoms with Gasteiger partial charge in [0.2, 0.25) is 0 Å². The predicted octanol–water partition coefficient (Wildman–Crippen LogP) is 4.50. The number of piperazine rings is 1. The molecule has 7 nitrogen and oxygen atoms in total. The van der Waals surface area contributed by atoms with Crippen molar-refractivity contribution in [2.24, 2.45) is 0 Å². The summed E-state index contributed by atoms with van der Waals surface area (Å²) in [6, 6.07) is 9.95. The van der Waals surface area contributed by atoms with Gasteiger partial charge >= 0.3 is 0 Å². The molecule has 2 aromatic heterocycles. The van der Waals surface area contributed by atoms with E-state index in [1.54, 1.807) is 18.2 Å². The minimum Gasteiger partial charge on any atom is -0.459 e. The Labute approximate surface area is 200 Å². The number of carbonyl (C=O) groups is 1. The number of halogens is 1. The number of amides is 1. The quantitative estimate of drug-likeness (QED) is 0.488. The van der Waals surface area contributed by atoms with Gasteiger partial charge in [-0.25, -0.2) is 9.07 Å². The highest BCUT2D eigenvalue weighted by Crippen LogP contribution is 2.31. The van der Waals surface area contributed by atoms with Gasteiger partial charge in [0.05, 0.1) is 24.2 Å². The van der Waals surface area contributed by atoms with E-state index in [2.05, 4.69) is 23.6 Å². The zero-order valence-corrected chi connectivity index (χ0v) is 20.5. The Morgan fingerprint density at radius 1 is 1.18 bits per heavy atom. The number of likely N-dealkylation sites (N-methyl/N-ethyl adjacent to an activating group) is 1. The Morgan fingerprint density at radius 3 is 2.56 bits per heavy atom. The molecule has 1 aliphatic heterocycles. The smallest absolute Gasteiger partial charge is 0.290 e. The molecule has 1 saturated heterocycles. The number of carbonyl (C=O) groups excluding carboxylic acids is 1. The fraction of sp³-hybridized carbons (Fsp3) is 0.462. The van der Waals surface area contributed by atoms with Gasteiger partial charge < -0.3 is 19.1 Å². The normalized spacial score (nSPS) is 15.5. The zero-order chi connectivity index (χ0) is 24.2. The topological polar surface area (TPSA) is 57.8 Å². The highest BCUT2D eigenvalue weighted by Gasteiger charge is 2.30. The molecule has 0 aliphatic carbocycles. The fourth-order valence-corrected chi connectivity index (χ4v) is 4.48. The lowest BCUT2D eigenvalue weighted by molar-refractivity contribution is 0.0638. The summed E-state index contributed by atoms with van der Waals surface area (Å²) in [7, 11) is 0. The van der Waals surface area contributed by atoms with E-state index in [9.17, 15) is 9.18 Å². The van der Waals surface area contributed by atoms with E-state index in [1.807, 2.05) is 29.5 Å². The van der Waals surface area contributed by atoms with E-state index in [0.717, 1.165) is 56.2 Å². The SMILES string of the molecule is CCC(C)N(Cc1c(C)nn(-c2cccc(F)c2)c1N1CCN(CC)CC1)C(=O)c1ccco1. The van der Waals surface area contributed by atoms with Crippen molar-refractivity contribution in [3.05, 3.63) is 65.5 Å². The first kappa shape index (κ1) is 24.0. The molecule has 3 heterocycles. The van der Waals surface area contributed by atoms with Gasteiger partial charge in [0.15, 0.2) is 5.76 Å². The molecule has 0 saturated carbocycles. The number of aromatic nitrogens is 2. The highest BCUT2D eigenvalue weighted by molar-refractivity contribution is 5.91. The fourth-order valence-electron chi connectivity index (χ4n) is 4.48. The molecule has 4 rings (SSSR count). The Bertz CT molecular complexity index is 1100. The number of benzene rings is 1. The van der Waals surface area contributed by atoms with Crippen LogP contribution in [0.25, 0.3) is 5.69 Å². The third kappa shape index (κ3) is 4.87. The Balaban J connectivity index is 1.77. The number of hydrogen-bond donors (Lipinski definition) is 0. The van der Waals surface area contributed by atoms with Crippen molar-refractivity contribution in [3.8, 4) is 5.69 Å². The molecular weight excluding hydrogens is 433 g/mol. The van der Waals surface area contributed by atoms with E-state index in [4.69, 9.17) is 9.52 Å². The highest BCUT2D eigenvalue weighted by atomic mass is 19.1. The number of anilines is 1. The van der Waals surface area contributed by atoms with Crippen LogP contribution >= 0.6 is 0 Å². The van der Waals surface area contributed by atoms with E-state index in [1.165, 1.54) is 18.4 Å². The first-order valence-corrected chi connectivity index (χ1v) is 12.1. The van der Waals surface area contributed by atoms with E-state index in [-0.39, 0.29) is 17.8 Å². The summed E-state index contributed by atoms with van der Waals surface area (Å²) in [5.41, 5.74) is 2.49. The number of rotatable bonds is 8. The average molecular weight is 468 g/mol. The van der Waals surface area contributed by atoms with Gasteiger partial charge in [0.1, 0.15) is 11.6 Å². The molecule has 0 radical (unpaired) electrons. The summed E-state index contributed by atoms with van der Waals surface area (Å²) in [4.78, 5) is 19.9. The van der Waals surface area contributed by atoms with Crippen LogP contribution in [0, 0.1) is 12.7 Å². The second-order valence-corrected chi connectivity index (χ2v) is 8.87. The van der Waals surface area contributed by atoms with Crippen molar-refractivity contribution in [1.82, 2.24) is 19.6 Å². The first-order chi connectivity index (χ1) is 16.4. The van der Waals surface area contributed by atoms with Crippen LogP contribution in [0.1, 0.15) is 49.0 Å².